The van der Waals surface area contributed by atoms with Gasteiger partial charge in [0, 0.05) is 30.3 Å². The highest BCUT2D eigenvalue weighted by Gasteiger charge is 2.52. The van der Waals surface area contributed by atoms with Crippen LogP contribution < -0.4 is 20.7 Å². The number of halogens is 2. The molecule has 1 unspecified atom stereocenters. The van der Waals surface area contributed by atoms with Crippen LogP contribution in [0.5, 0.6) is 11.5 Å². The third kappa shape index (κ3) is 10.8. The molecule has 59 heavy (non-hydrogen) atoms. The molecule has 3 aromatic carbocycles. The van der Waals surface area contributed by atoms with Gasteiger partial charge in [-0.15, -0.1) is 0 Å². The summed E-state index contributed by atoms with van der Waals surface area (Å²) in [4.78, 5) is 39.7. The molecule has 318 valence electrons. The number of nitrogens with one attached hydrogen (secondary N) is 1. The highest BCUT2D eigenvalue weighted by Crippen LogP contribution is 2.50. The molecule has 1 aliphatic rings. The van der Waals surface area contributed by atoms with Gasteiger partial charge >= 0.3 is 5.69 Å². The summed E-state index contributed by atoms with van der Waals surface area (Å²) in [5, 5.41) is 9.40. The largest absolute Gasteiger partial charge is 0.497 e. The highest BCUT2D eigenvalue weighted by molar-refractivity contribution is 7.43. The quantitative estimate of drug-likeness (QED) is 0.0407. The van der Waals surface area contributed by atoms with Crippen LogP contribution >= 0.6 is 8.53 Å². The predicted molar refractivity (Wildman–Crippen MR) is 215 cm³/mol. The van der Waals surface area contributed by atoms with Crippen LogP contribution in [0.3, 0.4) is 0 Å². The van der Waals surface area contributed by atoms with E-state index in [0.29, 0.717) is 29.0 Å². The van der Waals surface area contributed by atoms with Crippen LogP contribution in [-0.4, -0.2) is 89.7 Å². The monoisotopic (exact) mass is 840 g/mol. The Morgan fingerprint density at radius 2 is 1.53 bits per heavy atom. The first-order chi connectivity index (χ1) is 28.2. The summed E-state index contributed by atoms with van der Waals surface area (Å²) in [5.41, 5.74) is -1.40. The fraction of sp³-hybridized carbons (Fsp3) is 0.452. The third-order valence-corrected chi connectivity index (χ3v) is 11.8. The van der Waals surface area contributed by atoms with Crippen LogP contribution in [0, 0.1) is 11.3 Å². The van der Waals surface area contributed by atoms with Crippen LogP contribution in [0.2, 0.25) is 0 Å². The fourth-order valence-corrected chi connectivity index (χ4v) is 8.84. The van der Waals surface area contributed by atoms with Gasteiger partial charge in [-0.1, -0.05) is 54.6 Å². The summed E-state index contributed by atoms with van der Waals surface area (Å²) < 4.78 is 71.6. The van der Waals surface area contributed by atoms with Gasteiger partial charge in [0.25, 0.3) is 20.5 Å². The Bertz CT molecular complexity index is 2030. The minimum Gasteiger partial charge on any atom is -0.497 e. The van der Waals surface area contributed by atoms with Gasteiger partial charge in [-0.3, -0.25) is 14.3 Å². The number of aromatic amines is 1. The molecule has 1 aliphatic heterocycles. The molecule has 1 fully saturated rings. The first kappa shape index (κ1) is 45.5. The Morgan fingerprint density at radius 3 is 2.05 bits per heavy atom. The Morgan fingerprint density at radius 1 is 0.932 bits per heavy atom. The molecular formula is C42H51F2N4O10P. The molecule has 2 heterocycles. The lowest BCUT2D eigenvalue weighted by atomic mass is 9.80. The van der Waals surface area contributed by atoms with E-state index in [1.807, 2.05) is 107 Å². The van der Waals surface area contributed by atoms with E-state index in [4.69, 9.17) is 32.9 Å². The number of nitrogens with zero attached hydrogens (tertiary/aromatic N) is 3. The molecule has 0 bridgehead atoms. The van der Waals surface area contributed by atoms with Crippen LogP contribution in [-0.2, 0) is 29.1 Å². The van der Waals surface area contributed by atoms with E-state index < -0.39 is 75.3 Å². The Balaban J connectivity index is 1.65. The maximum Gasteiger partial charge on any atom is 0.330 e. The first-order valence-electron chi connectivity index (χ1n) is 19.0. The zero-order chi connectivity index (χ0) is 42.7. The van der Waals surface area contributed by atoms with Crippen molar-refractivity contribution in [1.29, 1.82) is 5.26 Å². The van der Waals surface area contributed by atoms with Gasteiger partial charge in [0.2, 0.25) is 0 Å². The van der Waals surface area contributed by atoms with Crippen molar-refractivity contribution >= 4 is 8.53 Å². The average Bonchev–Trinajstić information content (AvgIpc) is 3.55. The normalized spacial score (nSPS) is 19.0. The molecule has 5 atom stereocenters. The van der Waals surface area contributed by atoms with Gasteiger partial charge in [-0.25, -0.2) is 18.2 Å². The summed E-state index contributed by atoms with van der Waals surface area (Å²) in [6.45, 7) is 5.68. The maximum absolute atomic E-state index is 13.3. The number of rotatable bonds is 21. The lowest BCUT2D eigenvalue weighted by Crippen LogP contribution is -2.47. The van der Waals surface area contributed by atoms with Crippen molar-refractivity contribution in [3.8, 4) is 17.6 Å². The zero-order valence-electron chi connectivity index (χ0n) is 33.8. The number of hydrogen-bond donors (Lipinski definition) is 2. The fourth-order valence-electron chi connectivity index (χ4n) is 7.31. The van der Waals surface area contributed by atoms with Crippen LogP contribution in [0.4, 0.5) is 8.78 Å². The summed E-state index contributed by atoms with van der Waals surface area (Å²) in [6, 6.07) is 27.3. The molecule has 2 N–H and O–H groups in total. The standard InChI is InChI=1S/C42H51F2N4O10P/c1-28(2)48(41(3,4)22-10-23-45)59(51)58-37-34(57-39(38(37)55-27-54-26-35(43)44)47-24-21-36(49)46-40(47)50)25-56-42(29-11-8-7-9-12-29,30-13-17-32(52-5)18-14-30)31-15-19-33(53-6)20-16-31/h7-9,11-21,24,28,34-35,37-39,51H,10,22,25-27H2,1-6H3,(H,46,49,50)/t34-,37-,38-,39-,59?/m1/s1. The Kier molecular flexibility index (Phi) is 15.9. The molecule has 17 heteroatoms. The van der Waals surface area contributed by atoms with Crippen molar-refractivity contribution in [2.75, 3.05) is 34.2 Å². The van der Waals surface area contributed by atoms with E-state index in [-0.39, 0.29) is 19.1 Å². The minimum absolute atomic E-state index is 0.213. The van der Waals surface area contributed by atoms with Crippen molar-refractivity contribution in [1.82, 2.24) is 14.2 Å². The average molecular weight is 841 g/mol. The summed E-state index contributed by atoms with van der Waals surface area (Å²) in [7, 11) is 0.648. The van der Waals surface area contributed by atoms with Crippen molar-refractivity contribution in [2.45, 2.75) is 88.7 Å². The second-order valence-electron chi connectivity index (χ2n) is 14.6. The molecule has 0 amide bonds. The molecule has 0 aliphatic carbocycles. The van der Waals surface area contributed by atoms with Crippen molar-refractivity contribution in [3.05, 3.63) is 129 Å². The number of alkyl halides is 2. The first-order valence-corrected chi connectivity index (χ1v) is 20.2. The molecule has 4 aromatic rings. The van der Waals surface area contributed by atoms with Gasteiger partial charge in [0.1, 0.15) is 48.8 Å². The van der Waals surface area contributed by atoms with Gasteiger partial charge in [-0.2, -0.15) is 5.26 Å². The van der Waals surface area contributed by atoms with Crippen molar-refractivity contribution in [2.24, 2.45) is 0 Å². The van der Waals surface area contributed by atoms with Crippen molar-refractivity contribution in [3.63, 3.8) is 0 Å². The third-order valence-electron chi connectivity index (χ3n) is 9.99. The smallest absolute Gasteiger partial charge is 0.330 e. The highest BCUT2D eigenvalue weighted by atomic mass is 31.2. The Labute approximate surface area is 343 Å². The van der Waals surface area contributed by atoms with Gasteiger partial charge in [0.05, 0.1) is 26.9 Å². The van der Waals surface area contributed by atoms with Gasteiger partial charge < -0.3 is 37.8 Å². The number of methoxy groups -OCH3 is 2. The number of aromatic nitrogens is 2. The molecule has 0 saturated carbocycles. The lowest BCUT2D eigenvalue weighted by Gasteiger charge is -2.43. The van der Waals surface area contributed by atoms with Crippen LogP contribution in [0.25, 0.3) is 0 Å². The number of benzene rings is 3. The predicted octanol–water partition coefficient (Wildman–Crippen LogP) is 6.48. The molecule has 1 aromatic heterocycles. The molecule has 0 spiro atoms. The molecule has 1 saturated heterocycles. The van der Waals surface area contributed by atoms with E-state index in [1.54, 1.807) is 18.9 Å². The maximum atomic E-state index is 13.3. The van der Waals surface area contributed by atoms with E-state index >= 15 is 0 Å². The van der Waals surface area contributed by atoms with E-state index in [1.165, 1.54) is 6.20 Å². The molecule has 14 nitrogen and oxygen atoms in total. The van der Waals surface area contributed by atoms with Gasteiger partial charge in [0.15, 0.2) is 6.23 Å². The Hall–Kier alpha value is -4.56. The summed E-state index contributed by atoms with van der Waals surface area (Å²) >= 11 is 0. The molecule has 0 radical (unpaired) electrons. The second kappa shape index (κ2) is 20.6. The number of nitriles is 1. The SMILES string of the molecule is COc1ccc(C(OC[C@H]2O[C@@H](n3ccc(=O)[nH]c3=O)[C@H](OCOCC(F)F)[C@@H]2OP(O)N(C(C)C)C(C)(C)CCC#N)(c2ccccc2)c2ccc(OC)cc2)cc1. The second-order valence-corrected chi connectivity index (χ2v) is 15.8. The summed E-state index contributed by atoms with van der Waals surface area (Å²) in [6.07, 6.45) is -5.92. The van der Waals surface area contributed by atoms with Crippen LogP contribution in [0.1, 0.15) is 63.5 Å². The molecular weight excluding hydrogens is 789 g/mol. The number of ether oxygens (including phenoxy) is 6. The molecule has 5 rings (SSSR count). The number of hydrogen-bond acceptors (Lipinski definition) is 12. The van der Waals surface area contributed by atoms with Gasteiger partial charge in [-0.05, 0) is 75.1 Å². The topological polar surface area (TPSA) is 167 Å². The van der Waals surface area contributed by atoms with E-state index in [0.717, 1.165) is 16.2 Å². The summed E-state index contributed by atoms with van der Waals surface area (Å²) in [5.74, 6) is 1.23. The minimum atomic E-state index is -2.79. The number of H-pyrrole nitrogens is 1. The van der Waals surface area contributed by atoms with Crippen molar-refractivity contribution < 1.29 is 46.6 Å². The lowest BCUT2D eigenvalue weighted by molar-refractivity contribution is -0.150. The van der Waals surface area contributed by atoms with Crippen LogP contribution in [0.15, 0.2) is 101 Å². The zero-order valence-corrected chi connectivity index (χ0v) is 34.7. The van der Waals surface area contributed by atoms with E-state index in [2.05, 4.69) is 11.1 Å². The van der Waals surface area contributed by atoms with E-state index in [9.17, 15) is 28.5 Å².